The molecule has 1 aromatic carbocycles. The first-order valence-electron chi connectivity index (χ1n) is 5.94. The van der Waals surface area contributed by atoms with Gasteiger partial charge in [-0.1, -0.05) is 0 Å². The van der Waals surface area contributed by atoms with Gasteiger partial charge in [0.1, 0.15) is 5.82 Å². The Morgan fingerprint density at radius 3 is 2.42 bits per heavy atom. The van der Waals surface area contributed by atoms with Crippen molar-refractivity contribution in [2.24, 2.45) is 0 Å². The van der Waals surface area contributed by atoms with E-state index in [2.05, 4.69) is 4.72 Å². The molecule has 106 valence electrons. The van der Waals surface area contributed by atoms with Crippen molar-refractivity contribution in [2.45, 2.75) is 24.0 Å². The number of hydrogen-bond donors (Lipinski definition) is 1. The monoisotopic (exact) mass is 289 g/mol. The van der Waals surface area contributed by atoms with Crippen LogP contribution in [0.2, 0.25) is 0 Å². The maximum Gasteiger partial charge on any atom is 0.240 e. The van der Waals surface area contributed by atoms with Crippen molar-refractivity contribution in [2.75, 3.05) is 19.8 Å². The molecule has 0 radical (unpaired) electrons. The van der Waals surface area contributed by atoms with E-state index in [1.54, 1.807) is 6.92 Å². The Balaban J connectivity index is 1.92. The highest BCUT2D eigenvalue weighted by molar-refractivity contribution is 7.89. The lowest BCUT2D eigenvalue weighted by atomic mass is 10.2. The van der Waals surface area contributed by atoms with Crippen molar-refractivity contribution >= 4 is 10.0 Å². The van der Waals surface area contributed by atoms with Crippen LogP contribution in [0.1, 0.15) is 13.3 Å². The quantitative estimate of drug-likeness (QED) is 0.886. The van der Waals surface area contributed by atoms with E-state index in [-0.39, 0.29) is 11.4 Å². The summed E-state index contributed by atoms with van der Waals surface area (Å²) in [5.74, 6) is -1.20. The predicted molar refractivity (Wildman–Crippen MR) is 66.5 cm³/mol. The molecule has 0 spiro atoms. The summed E-state index contributed by atoms with van der Waals surface area (Å²) in [5, 5.41) is 0. The Kier molecular flexibility index (Phi) is 4.19. The lowest BCUT2D eigenvalue weighted by Crippen LogP contribution is -2.33. The molecule has 0 saturated carbocycles. The van der Waals surface area contributed by atoms with Gasteiger partial charge in [0.15, 0.2) is 5.79 Å². The molecule has 0 unspecified atom stereocenters. The van der Waals surface area contributed by atoms with Gasteiger partial charge >= 0.3 is 0 Å². The third kappa shape index (κ3) is 3.73. The van der Waals surface area contributed by atoms with Crippen molar-refractivity contribution < 1.29 is 22.3 Å². The Morgan fingerprint density at radius 2 is 1.84 bits per heavy atom. The fourth-order valence-electron chi connectivity index (χ4n) is 1.81. The SMILES string of the molecule is CC1(CCNS(=O)(=O)c2ccc(F)cc2)OCCO1. The normalized spacial score (nSPS) is 18.6. The first-order chi connectivity index (χ1) is 8.91. The summed E-state index contributed by atoms with van der Waals surface area (Å²) < 4.78 is 49.7. The second-order valence-electron chi connectivity index (χ2n) is 4.43. The van der Waals surface area contributed by atoms with E-state index >= 15 is 0 Å². The molecule has 1 aliphatic rings. The molecule has 1 fully saturated rings. The van der Waals surface area contributed by atoms with Crippen molar-refractivity contribution in [1.29, 1.82) is 0 Å². The molecular formula is C12H16FNO4S. The summed E-state index contributed by atoms with van der Waals surface area (Å²) >= 11 is 0. The number of rotatable bonds is 5. The second-order valence-corrected chi connectivity index (χ2v) is 6.20. The smallest absolute Gasteiger partial charge is 0.240 e. The van der Waals surface area contributed by atoms with Crippen molar-refractivity contribution in [3.05, 3.63) is 30.1 Å². The van der Waals surface area contributed by atoms with Crippen LogP contribution in [0.3, 0.4) is 0 Å². The largest absolute Gasteiger partial charge is 0.348 e. The van der Waals surface area contributed by atoms with Crippen molar-refractivity contribution in [3.8, 4) is 0 Å². The Morgan fingerprint density at radius 1 is 1.26 bits per heavy atom. The number of sulfonamides is 1. The average Bonchev–Trinajstić information content (AvgIpc) is 2.76. The molecule has 1 aromatic rings. The first-order valence-corrected chi connectivity index (χ1v) is 7.43. The van der Waals surface area contributed by atoms with Crippen LogP contribution in [0.4, 0.5) is 4.39 Å². The molecular weight excluding hydrogens is 273 g/mol. The molecule has 0 aliphatic carbocycles. The van der Waals surface area contributed by atoms with E-state index in [0.717, 1.165) is 12.1 Å². The molecule has 19 heavy (non-hydrogen) atoms. The zero-order valence-electron chi connectivity index (χ0n) is 10.6. The standard InChI is InChI=1S/C12H16FNO4S/c1-12(17-8-9-18-12)6-7-14-19(15,16)11-4-2-10(13)3-5-11/h2-5,14H,6-9H2,1H3. The van der Waals surface area contributed by atoms with E-state index in [1.807, 2.05) is 0 Å². The summed E-state index contributed by atoms with van der Waals surface area (Å²) in [7, 11) is -3.62. The van der Waals surface area contributed by atoms with Gasteiger partial charge in [0.25, 0.3) is 0 Å². The molecule has 1 saturated heterocycles. The van der Waals surface area contributed by atoms with Gasteiger partial charge < -0.3 is 9.47 Å². The van der Waals surface area contributed by atoms with Crippen molar-refractivity contribution in [3.63, 3.8) is 0 Å². The molecule has 0 aromatic heterocycles. The zero-order valence-corrected chi connectivity index (χ0v) is 11.4. The lowest BCUT2D eigenvalue weighted by molar-refractivity contribution is -0.145. The highest BCUT2D eigenvalue weighted by Gasteiger charge is 2.30. The summed E-state index contributed by atoms with van der Waals surface area (Å²) in [6.07, 6.45) is 0.410. The fraction of sp³-hybridized carbons (Fsp3) is 0.500. The minimum absolute atomic E-state index is 0.0345. The molecule has 2 rings (SSSR count). The molecule has 0 bridgehead atoms. The van der Waals surface area contributed by atoms with E-state index < -0.39 is 21.6 Å². The van der Waals surface area contributed by atoms with Crippen LogP contribution >= 0.6 is 0 Å². The number of hydrogen-bond acceptors (Lipinski definition) is 4. The summed E-state index contributed by atoms with van der Waals surface area (Å²) in [6, 6.07) is 4.67. The number of nitrogens with one attached hydrogen (secondary N) is 1. The predicted octanol–water partition coefficient (Wildman–Crippen LogP) is 1.26. The molecule has 5 nitrogen and oxygen atoms in total. The maximum atomic E-state index is 12.7. The number of benzene rings is 1. The summed E-state index contributed by atoms with van der Waals surface area (Å²) in [4.78, 5) is 0.0345. The second kappa shape index (κ2) is 5.54. The van der Waals surface area contributed by atoms with Gasteiger partial charge in [-0.05, 0) is 31.2 Å². The van der Waals surface area contributed by atoms with Crippen LogP contribution in [0, 0.1) is 5.82 Å². The lowest BCUT2D eigenvalue weighted by Gasteiger charge is -2.22. The maximum absolute atomic E-state index is 12.7. The molecule has 1 N–H and O–H groups in total. The van der Waals surface area contributed by atoms with Gasteiger partial charge in [-0.3, -0.25) is 0 Å². The third-order valence-corrected chi connectivity index (χ3v) is 4.37. The molecule has 0 atom stereocenters. The van der Waals surface area contributed by atoms with E-state index in [0.29, 0.717) is 19.6 Å². The highest BCUT2D eigenvalue weighted by Crippen LogP contribution is 2.22. The summed E-state index contributed by atoms with van der Waals surface area (Å²) in [6.45, 7) is 2.99. The summed E-state index contributed by atoms with van der Waals surface area (Å²) in [5.41, 5.74) is 0. The van der Waals surface area contributed by atoms with Gasteiger partial charge in [-0.15, -0.1) is 0 Å². The van der Waals surface area contributed by atoms with Gasteiger partial charge in [0.2, 0.25) is 10.0 Å². The molecule has 1 aliphatic heterocycles. The van der Waals surface area contributed by atoms with Crippen LogP contribution in [-0.2, 0) is 19.5 Å². The van der Waals surface area contributed by atoms with Crippen LogP contribution in [0.25, 0.3) is 0 Å². The van der Waals surface area contributed by atoms with Gasteiger partial charge in [0.05, 0.1) is 18.1 Å². The van der Waals surface area contributed by atoms with E-state index in [1.165, 1.54) is 12.1 Å². The molecule has 0 amide bonds. The van der Waals surface area contributed by atoms with Gasteiger partial charge in [-0.25, -0.2) is 17.5 Å². The number of halogens is 1. The van der Waals surface area contributed by atoms with Crippen LogP contribution in [0.5, 0.6) is 0 Å². The molecule has 7 heteroatoms. The topological polar surface area (TPSA) is 64.6 Å². The van der Waals surface area contributed by atoms with Crippen molar-refractivity contribution in [1.82, 2.24) is 4.72 Å². The average molecular weight is 289 g/mol. The van der Waals surface area contributed by atoms with Crippen LogP contribution in [0.15, 0.2) is 29.2 Å². The van der Waals surface area contributed by atoms with Crippen LogP contribution in [-0.4, -0.2) is 34.0 Å². The Bertz CT molecular complexity index is 523. The minimum Gasteiger partial charge on any atom is -0.348 e. The highest BCUT2D eigenvalue weighted by atomic mass is 32.2. The zero-order chi connectivity index (χ0) is 13.9. The Labute approximate surface area is 111 Å². The minimum atomic E-state index is -3.62. The van der Waals surface area contributed by atoms with Gasteiger partial charge in [0, 0.05) is 13.0 Å². The van der Waals surface area contributed by atoms with Gasteiger partial charge in [-0.2, -0.15) is 0 Å². The Hall–Kier alpha value is -1.02. The fourth-order valence-corrected chi connectivity index (χ4v) is 2.84. The first kappa shape index (κ1) is 14.4. The van der Waals surface area contributed by atoms with E-state index in [9.17, 15) is 12.8 Å². The number of ether oxygens (including phenoxy) is 2. The van der Waals surface area contributed by atoms with Crippen LogP contribution < -0.4 is 4.72 Å². The molecule has 1 heterocycles. The van der Waals surface area contributed by atoms with E-state index in [4.69, 9.17) is 9.47 Å². The third-order valence-electron chi connectivity index (χ3n) is 2.89.